The van der Waals surface area contributed by atoms with E-state index in [0.717, 1.165) is 12.2 Å². The lowest BCUT2D eigenvalue weighted by atomic mass is 9.81. The first kappa shape index (κ1) is 16.3. The summed E-state index contributed by atoms with van der Waals surface area (Å²) in [6, 6.07) is 8.63. The molecule has 1 aromatic carbocycles. The van der Waals surface area contributed by atoms with Crippen LogP contribution in [0.25, 0.3) is 0 Å². The average Bonchev–Trinajstić information content (AvgIpc) is 2.82. The Hall–Kier alpha value is -1.06. The first-order chi connectivity index (χ1) is 10.1. The number of rotatable bonds is 5. The first-order valence-corrected chi connectivity index (χ1v) is 8.29. The summed E-state index contributed by atoms with van der Waals surface area (Å²) in [7, 11) is 1.70. The van der Waals surface area contributed by atoms with E-state index < -0.39 is 0 Å². The van der Waals surface area contributed by atoms with Gasteiger partial charge < -0.3 is 10.5 Å². The highest BCUT2D eigenvalue weighted by Gasteiger charge is 2.35. The van der Waals surface area contributed by atoms with Gasteiger partial charge in [-0.2, -0.15) is 0 Å². The molecule has 0 saturated carbocycles. The van der Waals surface area contributed by atoms with Gasteiger partial charge in [0, 0.05) is 6.04 Å². The minimum absolute atomic E-state index is 0.295. The normalized spacial score (nSPS) is 21.3. The van der Waals surface area contributed by atoms with Crippen molar-refractivity contribution in [3.63, 3.8) is 0 Å². The maximum absolute atomic E-state index is 6.85. The molecule has 0 aliphatic carbocycles. The van der Waals surface area contributed by atoms with E-state index in [-0.39, 0.29) is 5.54 Å². The fourth-order valence-corrected chi connectivity index (χ4v) is 3.45. The summed E-state index contributed by atoms with van der Waals surface area (Å²) in [6.45, 7) is 6.84. The van der Waals surface area contributed by atoms with Crippen molar-refractivity contribution in [2.75, 3.05) is 20.2 Å². The van der Waals surface area contributed by atoms with Crippen LogP contribution in [0.5, 0.6) is 5.75 Å². The summed E-state index contributed by atoms with van der Waals surface area (Å²) >= 11 is 0. The molecule has 2 unspecified atom stereocenters. The summed E-state index contributed by atoms with van der Waals surface area (Å²) in [5.74, 6) is 0.889. The molecule has 1 fully saturated rings. The highest BCUT2D eigenvalue weighted by Crippen LogP contribution is 2.31. The Morgan fingerprint density at radius 3 is 2.19 bits per heavy atom. The van der Waals surface area contributed by atoms with Crippen LogP contribution in [0.2, 0.25) is 0 Å². The van der Waals surface area contributed by atoms with E-state index in [1.165, 1.54) is 44.3 Å². The molecule has 2 rings (SSSR count). The summed E-state index contributed by atoms with van der Waals surface area (Å²) in [5.41, 5.74) is 7.77. The molecule has 118 valence electrons. The lowest BCUT2D eigenvalue weighted by Gasteiger charge is -2.42. The van der Waals surface area contributed by atoms with Gasteiger partial charge in [0.05, 0.1) is 12.6 Å². The molecule has 0 aromatic heterocycles. The zero-order valence-electron chi connectivity index (χ0n) is 13.8. The van der Waals surface area contributed by atoms with Crippen LogP contribution < -0.4 is 10.5 Å². The van der Waals surface area contributed by atoms with Crippen LogP contribution >= 0.6 is 0 Å². The van der Waals surface area contributed by atoms with Gasteiger partial charge in [0.1, 0.15) is 5.75 Å². The molecule has 1 aromatic rings. The molecule has 1 aliphatic heterocycles. The summed E-state index contributed by atoms with van der Waals surface area (Å²) in [4.78, 5) is 2.58. The molecule has 21 heavy (non-hydrogen) atoms. The van der Waals surface area contributed by atoms with Gasteiger partial charge in [0.15, 0.2) is 0 Å². The van der Waals surface area contributed by atoms with Crippen molar-refractivity contribution < 1.29 is 4.74 Å². The van der Waals surface area contributed by atoms with Crippen LogP contribution in [0.1, 0.15) is 51.5 Å². The summed E-state index contributed by atoms with van der Waals surface area (Å²) in [5, 5.41) is 0. The Kier molecular flexibility index (Phi) is 5.65. The van der Waals surface area contributed by atoms with Crippen molar-refractivity contribution in [3.8, 4) is 5.75 Å². The van der Waals surface area contributed by atoms with Crippen LogP contribution in [0.3, 0.4) is 0 Å². The number of hydrogen-bond acceptors (Lipinski definition) is 3. The number of methoxy groups -OCH3 is 1. The zero-order chi connectivity index (χ0) is 15.3. The second-order valence-electron chi connectivity index (χ2n) is 6.25. The molecule has 1 saturated heterocycles. The molecular weight excluding hydrogens is 260 g/mol. The van der Waals surface area contributed by atoms with Gasteiger partial charge in [-0.3, -0.25) is 4.90 Å². The molecule has 2 N–H and O–H groups in total. The highest BCUT2D eigenvalue weighted by atomic mass is 16.5. The van der Waals surface area contributed by atoms with Gasteiger partial charge in [-0.15, -0.1) is 0 Å². The Morgan fingerprint density at radius 2 is 1.71 bits per heavy atom. The maximum atomic E-state index is 6.85. The van der Waals surface area contributed by atoms with Crippen molar-refractivity contribution in [2.24, 2.45) is 5.73 Å². The molecule has 0 spiro atoms. The van der Waals surface area contributed by atoms with Crippen LogP contribution in [-0.2, 0) is 5.54 Å². The monoisotopic (exact) mass is 290 g/mol. The second kappa shape index (κ2) is 7.28. The number of benzene rings is 1. The Labute approximate surface area is 129 Å². The van der Waals surface area contributed by atoms with Gasteiger partial charge in [0.2, 0.25) is 0 Å². The molecule has 3 nitrogen and oxygen atoms in total. The predicted octanol–water partition coefficient (Wildman–Crippen LogP) is 3.52. The molecule has 0 radical (unpaired) electrons. The molecule has 1 aliphatic rings. The second-order valence-corrected chi connectivity index (χ2v) is 6.25. The third kappa shape index (κ3) is 3.58. The standard InChI is InChI=1S/C18H30N2O/c1-4-18(19,16-9-11-17(21-3)12-10-16)15(2)20-13-7-5-6-8-14-20/h9-12,15H,4-8,13-14,19H2,1-3H3. The van der Waals surface area contributed by atoms with Gasteiger partial charge in [-0.25, -0.2) is 0 Å². The van der Waals surface area contributed by atoms with Crippen molar-refractivity contribution in [1.82, 2.24) is 4.90 Å². The molecular formula is C18H30N2O. The minimum Gasteiger partial charge on any atom is -0.497 e. The molecule has 0 bridgehead atoms. The lowest BCUT2D eigenvalue weighted by molar-refractivity contribution is 0.131. The number of hydrogen-bond donors (Lipinski definition) is 1. The van der Waals surface area contributed by atoms with Crippen LogP contribution in [0, 0.1) is 0 Å². The number of likely N-dealkylation sites (tertiary alicyclic amines) is 1. The predicted molar refractivity (Wildman–Crippen MR) is 88.7 cm³/mol. The third-order valence-corrected chi connectivity index (χ3v) is 5.15. The van der Waals surface area contributed by atoms with Crippen LogP contribution in [-0.4, -0.2) is 31.1 Å². The topological polar surface area (TPSA) is 38.5 Å². The highest BCUT2D eigenvalue weighted by molar-refractivity contribution is 5.33. The van der Waals surface area contributed by atoms with E-state index in [1.807, 2.05) is 12.1 Å². The first-order valence-electron chi connectivity index (χ1n) is 8.29. The quantitative estimate of drug-likeness (QED) is 0.901. The third-order valence-electron chi connectivity index (χ3n) is 5.15. The Balaban J connectivity index is 2.21. The molecule has 0 amide bonds. The fraction of sp³-hybridized carbons (Fsp3) is 0.667. The fourth-order valence-electron chi connectivity index (χ4n) is 3.45. The van der Waals surface area contributed by atoms with Crippen LogP contribution in [0.4, 0.5) is 0 Å². The smallest absolute Gasteiger partial charge is 0.118 e. The van der Waals surface area contributed by atoms with E-state index in [9.17, 15) is 0 Å². The SMILES string of the molecule is CCC(N)(c1ccc(OC)cc1)C(C)N1CCCCCC1. The van der Waals surface area contributed by atoms with Crippen LogP contribution in [0.15, 0.2) is 24.3 Å². The molecule has 1 heterocycles. The Morgan fingerprint density at radius 1 is 1.14 bits per heavy atom. The molecule has 2 atom stereocenters. The van der Waals surface area contributed by atoms with Gasteiger partial charge in [-0.1, -0.05) is 31.9 Å². The van der Waals surface area contributed by atoms with E-state index in [1.54, 1.807) is 7.11 Å². The molecule has 3 heteroatoms. The zero-order valence-corrected chi connectivity index (χ0v) is 13.8. The number of ether oxygens (including phenoxy) is 1. The van der Waals surface area contributed by atoms with Crippen molar-refractivity contribution in [1.29, 1.82) is 0 Å². The number of nitrogens with zero attached hydrogens (tertiary/aromatic N) is 1. The lowest BCUT2D eigenvalue weighted by Crippen LogP contribution is -2.54. The maximum Gasteiger partial charge on any atom is 0.118 e. The van der Waals surface area contributed by atoms with E-state index in [2.05, 4.69) is 30.9 Å². The number of nitrogens with two attached hydrogens (primary N) is 1. The Bertz CT molecular complexity index is 423. The largest absolute Gasteiger partial charge is 0.497 e. The summed E-state index contributed by atoms with van der Waals surface area (Å²) in [6.07, 6.45) is 6.25. The van der Waals surface area contributed by atoms with E-state index in [4.69, 9.17) is 10.5 Å². The van der Waals surface area contributed by atoms with Crippen molar-refractivity contribution >= 4 is 0 Å². The minimum atomic E-state index is -0.295. The van der Waals surface area contributed by atoms with Crippen molar-refractivity contribution in [2.45, 2.75) is 57.5 Å². The van der Waals surface area contributed by atoms with Gasteiger partial charge in [-0.05, 0) is 57.0 Å². The summed E-state index contributed by atoms with van der Waals surface area (Å²) < 4.78 is 5.26. The average molecular weight is 290 g/mol. The van der Waals surface area contributed by atoms with E-state index in [0.29, 0.717) is 6.04 Å². The van der Waals surface area contributed by atoms with Gasteiger partial charge in [0.25, 0.3) is 0 Å². The van der Waals surface area contributed by atoms with E-state index >= 15 is 0 Å². The van der Waals surface area contributed by atoms with Crippen molar-refractivity contribution in [3.05, 3.63) is 29.8 Å². The van der Waals surface area contributed by atoms with Gasteiger partial charge >= 0.3 is 0 Å².